The van der Waals surface area contributed by atoms with Gasteiger partial charge in [-0.2, -0.15) is 0 Å². The largest absolute Gasteiger partial charge is 0.309 e. The van der Waals surface area contributed by atoms with Crippen molar-refractivity contribution in [3.63, 3.8) is 0 Å². The first-order chi connectivity index (χ1) is 8.27. The lowest BCUT2D eigenvalue weighted by atomic mass is 9.97. The zero-order chi connectivity index (χ0) is 13.9. The van der Waals surface area contributed by atoms with Crippen molar-refractivity contribution in [2.24, 2.45) is 0 Å². The summed E-state index contributed by atoms with van der Waals surface area (Å²) >= 11 is 0. The maximum Gasteiger partial charge on any atom is 0.151 e. The Balaban J connectivity index is 3.20. The number of sulfone groups is 1. The standard InChI is InChI=1S/C14H23NO2S/c1-6-15-14(12(4)18(5,16)17)13-8-7-10(2)9-11(13)3/h7-9,12,14-15H,6H2,1-5H3. The molecule has 18 heavy (non-hydrogen) atoms. The Morgan fingerprint density at radius 2 is 1.89 bits per heavy atom. The average Bonchev–Trinajstić information content (AvgIpc) is 2.24. The summed E-state index contributed by atoms with van der Waals surface area (Å²) in [6.45, 7) is 8.58. The molecule has 2 unspecified atom stereocenters. The number of hydrogen-bond donors (Lipinski definition) is 1. The van der Waals surface area contributed by atoms with Crippen LogP contribution in [0.25, 0.3) is 0 Å². The van der Waals surface area contributed by atoms with Crippen LogP contribution < -0.4 is 5.32 Å². The smallest absolute Gasteiger partial charge is 0.151 e. The normalized spacial score (nSPS) is 15.4. The Bertz CT molecular complexity index is 509. The third kappa shape index (κ3) is 3.56. The highest BCUT2D eigenvalue weighted by molar-refractivity contribution is 7.91. The fraction of sp³-hybridized carbons (Fsp3) is 0.571. The van der Waals surface area contributed by atoms with Crippen LogP contribution in [0.1, 0.15) is 36.6 Å². The summed E-state index contributed by atoms with van der Waals surface area (Å²) in [5.41, 5.74) is 3.40. The third-order valence-corrected chi connectivity index (χ3v) is 4.95. The first kappa shape index (κ1) is 15.2. The van der Waals surface area contributed by atoms with E-state index in [2.05, 4.69) is 11.4 Å². The summed E-state index contributed by atoms with van der Waals surface area (Å²) in [5.74, 6) is 0. The van der Waals surface area contributed by atoms with Crippen LogP contribution in [0.15, 0.2) is 18.2 Å². The minimum atomic E-state index is -3.06. The molecule has 4 heteroatoms. The summed E-state index contributed by atoms with van der Waals surface area (Å²) in [7, 11) is -3.06. The van der Waals surface area contributed by atoms with Gasteiger partial charge in [0, 0.05) is 12.3 Å². The van der Waals surface area contributed by atoms with E-state index in [1.54, 1.807) is 6.92 Å². The minimum absolute atomic E-state index is 0.148. The van der Waals surface area contributed by atoms with Gasteiger partial charge in [-0.05, 0) is 38.4 Å². The summed E-state index contributed by atoms with van der Waals surface area (Å²) in [5, 5.41) is 2.85. The predicted molar refractivity (Wildman–Crippen MR) is 76.6 cm³/mol. The van der Waals surface area contributed by atoms with Crippen molar-refractivity contribution < 1.29 is 8.42 Å². The lowest BCUT2D eigenvalue weighted by Crippen LogP contribution is -2.35. The van der Waals surface area contributed by atoms with Crippen molar-refractivity contribution in [3.8, 4) is 0 Å². The summed E-state index contributed by atoms with van der Waals surface area (Å²) in [4.78, 5) is 0. The SMILES string of the molecule is CCNC(c1ccc(C)cc1C)C(C)S(C)(=O)=O. The minimum Gasteiger partial charge on any atom is -0.309 e. The summed E-state index contributed by atoms with van der Waals surface area (Å²) in [6.07, 6.45) is 1.30. The van der Waals surface area contributed by atoms with E-state index in [-0.39, 0.29) is 6.04 Å². The van der Waals surface area contributed by atoms with Crippen LogP contribution in [0, 0.1) is 13.8 Å². The lowest BCUT2D eigenvalue weighted by Gasteiger charge is -2.25. The Morgan fingerprint density at radius 3 is 2.33 bits per heavy atom. The molecule has 1 N–H and O–H groups in total. The average molecular weight is 269 g/mol. The van der Waals surface area contributed by atoms with E-state index < -0.39 is 15.1 Å². The second-order valence-electron chi connectivity index (χ2n) is 4.93. The molecule has 0 amide bonds. The molecule has 0 bridgehead atoms. The third-order valence-electron chi connectivity index (χ3n) is 3.33. The van der Waals surface area contributed by atoms with Crippen LogP contribution in [0.4, 0.5) is 0 Å². The molecule has 0 heterocycles. The molecule has 0 aliphatic rings. The van der Waals surface area contributed by atoms with Gasteiger partial charge in [-0.1, -0.05) is 30.7 Å². The highest BCUT2D eigenvalue weighted by atomic mass is 32.2. The molecule has 1 rings (SSSR count). The molecule has 3 nitrogen and oxygen atoms in total. The van der Waals surface area contributed by atoms with E-state index in [9.17, 15) is 8.42 Å². The number of hydrogen-bond acceptors (Lipinski definition) is 3. The highest BCUT2D eigenvalue weighted by Gasteiger charge is 2.27. The summed E-state index contributed by atoms with van der Waals surface area (Å²) in [6, 6.07) is 6.00. The molecule has 0 aliphatic heterocycles. The molecule has 0 radical (unpaired) electrons. The molecule has 2 atom stereocenters. The van der Waals surface area contributed by atoms with E-state index in [1.165, 1.54) is 11.8 Å². The van der Waals surface area contributed by atoms with E-state index in [0.29, 0.717) is 0 Å². The van der Waals surface area contributed by atoms with Crippen molar-refractivity contribution >= 4 is 9.84 Å². The van der Waals surface area contributed by atoms with Gasteiger partial charge in [-0.15, -0.1) is 0 Å². The second-order valence-corrected chi connectivity index (χ2v) is 7.33. The number of benzene rings is 1. The van der Waals surface area contributed by atoms with Crippen LogP contribution in [-0.4, -0.2) is 26.5 Å². The van der Waals surface area contributed by atoms with E-state index in [4.69, 9.17) is 0 Å². The van der Waals surface area contributed by atoms with Gasteiger partial charge in [0.1, 0.15) is 0 Å². The van der Waals surface area contributed by atoms with Crippen LogP contribution >= 0.6 is 0 Å². The van der Waals surface area contributed by atoms with Crippen molar-refractivity contribution in [3.05, 3.63) is 34.9 Å². The van der Waals surface area contributed by atoms with E-state index in [1.807, 2.05) is 32.9 Å². The van der Waals surface area contributed by atoms with Crippen LogP contribution in [-0.2, 0) is 9.84 Å². The lowest BCUT2D eigenvalue weighted by molar-refractivity contribution is 0.511. The number of nitrogens with one attached hydrogen (secondary N) is 1. The monoisotopic (exact) mass is 269 g/mol. The van der Waals surface area contributed by atoms with Crippen LogP contribution in [0.5, 0.6) is 0 Å². The van der Waals surface area contributed by atoms with Crippen molar-refractivity contribution in [1.82, 2.24) is 5.32 Å². The zero-order valence-electron chi connectivity index (χ0n) is 11.8. The van der Waals surface area contributed by atoms with Gasteiger partial charge in [0.2, 0.25) is 0 Å². The fourth-order valence-electron chi connectivity index (χ4n) is 2.17. The Morgan fingerprint density at radius 1 is 1.28 bits per heavy atom. The molecule has 1 aromatic rings. The Kier molecular flexibility index (Phi) is 4.93. The molecule has 0 aromatic heterocycles. The molecule has 102 valence electrons. The molecule has 0 fully saturated rings. The highest BCUT2D eigenvalue weighted by Crippen LogP contribution is 2.25. The van der Waals surface area contributed by atoms with Crippen molar-refractivity contribution in [2.45, 2.75) is 39.0 Å². The first-order valence-corrected chi connectivity index (χ1v) is 8.22. The van der Waals surface area contributed by atoms with Crippen molar-refractivity contribution in [1.29, 1.82) is 0 Å². The molecule has 0 saturated heterocycles. The van der Waals surface area contributed by atoms with Gasteiger partial charge in [-0.25, -0.2) is 8.42 Å². The Hall–Kier alpha value is -0.870. The van der Waals surface area contributed by atoms with Gasteiger partial charge in [0.05, 0.1) is 5.25 Å². The summed E-state index contributed by atoms with van der Waals surface area (Å²) < 4.78 is 23.5. The predicted octanol–water partition coefficient (Wildman–Crippen LogP) is 2.39. The number of rotatable bonds is 5. The van der Waals surface area contributed by atoms with Gasteiger partial charge in [0.25, 0.3) is 0 Å². The van der Waals surface area contributed by atoms with Gasteiger partial charge in [-0.3, -0.25) is 0 Å². The second kappa shape index (κ2) is 5.85. The Labute approximate surface area is 111 Å². The van der Waals surface area contributed by atoms with E-state index in [0.717, 1.165) is 17.7 Å². The maximum atomic E-state index is 11.8. The molecular weight excluding hydrogens is 246 g/mol. The molecule has 0 aliphatic carbocycles. The molecular formula is C14H23NO2S. The fourth-order valence-corrected chi connectivity index (χ4v) is 2.91. The van der Waals surface area contributed by atoms with E-state index >= 15 is 0 Å². The first-order valence-electron chi connectivity index (χ1n) is 6.26. The zero-order valence-corrected chi connectivity index (χ0v) is 12.6. The maximum absolute atomic E-state index is 11.8. The molecule has 0 saturated carbocycles. The van der Waals surface area contributed by atoms with Gasteiger partial charge >= 0.3 is 0 Å². The van der Waals surface area contributed by atoms with Gasteiger partial charge in [0.15, 0.2) is 9.84 Å². The van der Waals surface area contributed by atoms with Crippen LogP contribution in [0.3, 0.4) is 0 Å². The van der Waals surface area contributed by atoms with Crippen LogP contribution in [0.2, 0.25) is 0 Å². The van der Waals surface area contributed by atoms with Gasteiger partial charge < -0.3 is 5.32 Å². The quantitative estimate of drug-likeness (QED) is 0.892. The topological polar surface area (TPSA) is 46.2 Å². The molecule has 1 aromatic carbocycles. The number of aryl methyl sites for hydroxylation is 2. The van der Waals surface area contributed by atoms with Crippen molar-refractivity contribution in [2.75, 3.05) is 12.8 Å². The molecule has 0 spiro atoms.